The molecule has 7 heteroatoms. The van der Waals surface area contributed by atoms with E-state index < -0.39 is 0 Å². The highest BCUT2D eigenvalue weighted by Crippen LogP contribution is 2.38. The Morgan fingerprint density at radius 3 is 2.83 bits per heavy atom. The first-order chi connectivity index (χ1) is 14.5. The summed E-state index contributed by atoms with van der Waals surface area (Å²) in [6, 6.07) is 8.53. The predicted octanol–water partition coefficient (Wildman–Crippen LogP) is 3.06. The number of carbonyl (C=O) groups excluding carboxylic acids is 1. The lowest BCUT2D eigenvalue weighted by atomic mass is 10.00. The highest BCUT2D eigenvalue weighted by molar-refractivity contribution is 6.15. The monoisotopic (exact) mass is 403 g/mol. The topological polar surface area (TPSA) is 83.1 Å². The number of H-pyrrole nitrogens is 1. The van der Waals surface area contributed by atoms with Crippen molar-refractivity contribution in [1.82, 2.24) is 25.4 Å². The van der Waals surface area contributed by atoms with E-state index in [0.717, 1.165) is 36.1 Å². The molecule has 0 spiro atoms. The highest BCUT2D eigenvalue weighted by Gasteiger charge is 2.32. The van der Waals surface area contributed by atoms with E-state index in [-0.39, 0.29) is 5.78 Å². The van der Waals surface area contributed by atoms with Crippen molar-refractivity contribution in [1.29, 1.82) is 0 Å². The number of fused-ring (bicyclic) bond motifs is 2. The van der Waals surface area contributed by atoms with Gasteiger partial charge in [-0.1, -0.05) is 6.07 Å². The number of carbonyl (C=O) groups is 1. The summed E-state index contributed by atoms with van der Waals surface area (Å²) in [6.07, 6.45) is 3.41. The number of allylic oxidation sites excluding steroid dienone is 1. The molecule has 0 unspecified atom stereocenters. The number of Topliss-reactive ketones (excluding diaryl/α,β-unsaturated/α-hetero) is 1. The maximum absolute atomic E-state index is 13.0. The van der Waals surface area contributed by atoms with Gasteiger partial charge in [-0.2, -0.15) is 5.10 Å². The molecule has 2 N–H and O–H groups in total. The third-order valence-electron chi connectivity index (χ3n) is 5.82. The van der Waals surface area contributed by atoms with Crippen molar-refractivity contribution in [3.05, 3.63) is 58.6 Å². The van der Waals surface area contributed by atoms with Crippen LogP contribution in [0.25, 0.3) is 17.1 Å². The zero-order valence-electron chi connectivity index (χ0n) is 17.4. The number of hydrogen-bond acceptors (Lipinski definition) is 6. The largest absolute Gasteiger partial charge is 0.452 e. The number of pyridine rings is 1. The van der Waals surface area contributed by atoms with Gasteiger partial charge < -0.3 is 10.1 Å². The Labute approximate surface area is 175 Å². The quantitative estimate of drug-likeness (QED) is 0.654. The first kappa shape index (κ1) is 19.0. The zero-order chi connectivity index (χ0) is 20.8. The van der Waals surface area contributed by atoms with Crippen LogP contribution in [-0.2, 0) is 6.54 Å². The van der Waals surface area contributed by atoms with E-state index >= 15 is 0 Å². The Morgan fingerprint density at radius 2 is 2.03 bits per heavy atom. The van der Waals surface area contributed by atoms with Gasteiger partial charge >= 0.3 is 0 Å². The molecule has 7 nitrogen and oxygen atoms in total. The van der Waals surface area contributed by atoms with Gasteiger partial charge in [0, 0.05) is 54.9 Å². The van der Waals surface area contributed by atoms with E-state index in [2.05, 4.69) is 46.2 Å². The number of nitrogens with one attached hydrogen (secondary N) is 2. The fourth-order valence-corrected chi connectivity index (χ4v) is 4.50. The minimum atomic E-state index is -0.103. The molecule has 2 aliphatic rings. The van der Waals surface area contributed by atoms with Gasteiger partial charge in [-0.05, 0) is 44.5 Å². The van der Waals surface area contributed by atoms with Crippen LogP contribution >= 0.6 is 0 Å². The molecule has 154 valence electrons. The summed E-state index contributed by atoms with van der Waals surface area (Å²) in [7, 11) is 0. The summed E-state index contributed by atoms with van der Waals surface area (Å²) in [5, 5.41) is 11.6. The second kappa shape index (κ2) is 7.34. The molecule has 3 aromatic rings. The van der Waals surface area contributed by atoms with Gasteiger partial charge in [0.05, 0.1) is 11.3 Å². The normalized spacial score (nSPS) is 23.2. The lowest BCUT2D eigenvalue weighted by Crippen LogP contribution is -2.53. The number of benzene rings is 1. The fourth-order valence-electron chi connectivity index (χ4n) is 4.50. The van der Waals surface area contributed by atoms with Crippen molar-refractivity contribution < 1.29 is 9.53 Å². The smallest absolute Gasteiger partial charge is 0.232 e. The Balaban J connectivity index is 1.48. The molecular formula is C23H25N5O2. The van der Waals surface area contributed by atoms with Crippen LogP contribution in [0.5, 0.6) is 5.75 Å². The molecular weight excluding hydrogens is 378 g/mol. The van der Waals surface area contributed by atoms with E-state index in [9.17, 15) is 4.79 Å². The van der Waals surface area contributed by atoms with Crippen LogP contribution in [0.15, 0.2) is 36.2 Å². The molecule has 0 amide bonds. The Kier molecular flexibility index (Phi) is 4.64. The third kappa shape index (κ3) is 3.30. The van der Waals surface area contributed by atoms with Crippen molar-refractivity contribution >= 4 is 22.9 Å². The van der Waals surface area contributed by atoms with E-state index in [0.29, 0.717) is 40.5 Å². The van der Waals surface area contributed by atoms with Crippen LogP contribution in [0.1, 0.15) is 41.0 Å². The van der Waals surface area contributed by atoms with Crippen LogP contribution < -0.4 is 10.1 Å². The molecule has 1 saturated heterocycles. The van der Waals surface area contributed by atoms with Crippen LogP contribution in [0.2, 0.25) is 0 Å². The first-order valence-corrected chi connectivity index (χ1v) is 10.3. The molecule has 0 bridgehead atoms. The number of ether oxygens (including phenoxy) is 1. The van der Waals surface area contributed by atoms with Gasteiger partial charge in [0.1, 0.15) is 5.75 Å². The summed E-state index contributed by atoms with van der Waals surface area (Å²) in [4.78, 5) is 19.7. The molecule has 2 aromatic heterocycles. The van der Waals surface area contributed by atoms with E-state index in [1.807, 2.05) is 24.3 Å². The van der Waals surface area contributed by atoms with Gasteiger partial charge in [-0.15, -0.1) is 0 Å². The predicted molar refractivity (Wildman–Crippen MR) is 115 cm³/mol. The van der Waals surface area contributed by atoms with Crippen LogP contribution in [0.4, 0.5) is 0 Å². The van der Waals surface area contributed by atoms with Gasteiger partial charge in [0.15, 0.2) is 11.4 Å². The molecule has 2 aliphatic heterocycles. The number of rotatable bonds is 3. The second-order valence-corrected chi connectivity index (χ2v) is 8.35. The Morgan fingerprint density at radius 1 is 1.23 bits per heavy atom. The van der Waals surface area contributed by atoms with Crippen LogP contribution in [0.3, 0.4) is 0 Å². The fraction of sp³-hybridized carbons (Fsp3) is 0.348. The van der Waals surface area contributed by atoms with E-state index in [4.69, 9.17) is 4.74 Å². The SMILES string of the molecule is Cc1ccc2c(c1CN1C[C@@H](C)N[C@@H](C)C1)O/C(=C\c1n[nH]c3ncccc13)C2=O. The number of hydrogen-bond donors (Lipinski definition) is 2. The van der Waals surface area contributed by atoms with Crippen molar-refractivity contribution in [2.24, 2.45) is 0 Å². The van der Waals surface area contributed by atoms with Crippen LogP contribution in [-0.4, -0.2) is 51.0 Å². The molecule has 5 rings (SSSR count). The molecule has 2 atom stereocenters. The van der Waals surface area contributed by atoms with Gasteiger partial charge in [0.25, 0.3) is 0 Å². The standard InChI is InChI=1S/C23H25N5O2/c1-13-6-7-17-21(29)20(9-19-16-5-4-8-24-23(16)27-26-19)30-22(17)18(13)12-28-10-14(2)25-15(3)11-28/h4-9,14-15,25H,10-12H2,1-3H3,(H,24,26,27)/b20-9-/t14-,15+. The van der Waals surface area contributed by atoms with Gasteiger partial charge in [-0.25, -0.2) is 4.98 Å². The maximum Gasteiger partial charge on any atom is 0.232 e. The zero-order valence-corrected chi connectivity index (χ0v) is 17.4. The number of aromatic amines is 1. The highest BCUT2D eigenvalue weighted by atomic mass is 16.5. The minimum absolute atomic E-state index is 0.103. The molecule has 0 radical (unpaired) electrons. The van der Waals surface area contributed by atoms with Gasteiger partial charge in [0.2, 0.25) is 5.78 Å². The molecule has 30 heavy (non-hydrogen) atoms. The Hall–Kier alpha value is -3.03. The van der Waals surface area contributed by atoms with E-state index in [1.54, 1.807) is 12.3 Å². The van der Waals surface area contributed by atoms with E-state index in [1.165, 1.54) is 0 Å². The molecule has 1 aromatic carbocycles. The number of aromatic nitrogens is 3. The lowest BCUT2D eigenvalue weighted by Gasteiger charge is -2.36. The third-order valence-corrected chi connectivity index (χ3v) is 5.82. The molecule has 4 heterocycles. The molecule has 0 saturated carbocycles. The second-order valence-electron chi connectivity index (χ2n) is 8.35. The number of aryl methyl sites for hydroxylation is 1. The summed E-state index contributed by atoms with van der Waals surface area (Å²) < 4.78 is 6.14. The number of ketones is 1. The van der Waals surface area contributed by atoms with Gasteiger partial charge in [-0.3, -0.25) is 14.8 Å². The van der Waals surface area contributed by atoms with Crippen molar-refractivity contribution in [3.8, 4) is 5.75 Å². The summed E-state index contributed by atoms with van der Waals surface area (Å²) in [5.74, 6) is 0.882. The molecule has 0 aliphatic carbocycles. The summed E-state index contributed by atoms with van der Waals surface area (Å²) in [5.41, 5.74) is 4.18. The first-order valence-electron chi connectivity index (χ1n) is 10.3. The molecule has 1 fully saturated rings. The summed E-state index contributed by atoms with van der Waals surface area (Å²) in [6.45, 7) is 9.19. The lowest BCUT2D eigenvalue weighted by molar-refractivity contribution is 0.101. The van der Waals surface area contributed by atoms with Crippen molar-refractivity contribution in [2.45, 2.75) is 39.4 Å². The average Bonchev–Trinajstić information content (AvgIpc) is 3.25. The van der Waals surface area contributed by atoms with Crippen LogP contribution in [0, 0.1) is 6.92 Å². The Bertz CT molecular complexity index is 1160. The van der Waals surface area contributed by atoms with Crippen molar-refractivity contribution in [2.75, 3.05) is 13.1 Å². The average molecular weight is 403 g/mol. The number of piperazine rings is 1. The number of nitrogens with zero attached hydrogens (tertiary/aromatic N) is 3. The van der Waals surface area contributed by atoms with Crippen molar-refractivity contribution in [3.63, 3.8) is 0 Å². The minimum Gasteiger partial charge on any atom is -0.452 e. The maximum atomic E-state index is 13.0. The summed E-state index contributed by atoms with van der Waals surface area (Å²) >= 11 is 0.